The number of rotatable bonds is 6. The molecule has 23 heavy (non-hydrogen) atoms. The second-order valence-electron chi connectivity index (χ2n) is 4.97. The van der Waals surface area contributed by atoms with Gasteiger partial charge in [-0.25, -0.2) is 9.78 Å². The van der Waals surface area contributed by atoms with Crippen molar-refractivity contribution in [2.24, 2.45) is 5.10 Å². The van der Waals surface area contributed by atoms with Crippen LogP contribution in [0.25, 0.3) is 6.08 Å². The molecule has 1 aromatic carbocycles. The number of carbonyl (C=O) groups is 1. The summed E-state index contributed by atoms with van der Waals surface area (Å²) >= 11 is 0. The quantitative estimate of drug-likeness (QED) is 0.633. The number of carboxylic acids is 1. The van der Waals surface area contributed by atoms with Gasteiger partial charge in [0.15, 0.2) is 0 Å². The Morgan fingerprint density at radius 1 is 1.22 bits per heavy atom. The van der Waals surface area contributed by atoms with Gasteiger partial charge in [-0.2, -0.15) is 5.10 Å². The standard InChI is InChI=1S/C17H18N4O2/c1-21(2)15-8-5-13(6-9-15)4-3-11-19-20-16-10-7-14(12-18-16)17(22)23/h3-12H,1-2H3,(H,18,20)(H,22,23)/b4-3+,19-11+. The predicted molar refractivity (Wildman–Crippen MR) is 93.1 cm³/mol. The van der Waals surface area contributed by atoms with Crippen LogP contribution in [-0.4, -0.2) is 36.4 Å². The number of hydrogen-bond donors (Lipinski definition) is 2. The Labute approximate surface area is 134 Å². The normalized spacial score (nSPS) is 11.0. The maximum Gasteiger partial charge on any atom is 0.337 e. The summed E-state index contributed by atoms with van der Waals surface area (Å²) in [7, 11) is 4.00. The molecule has 2 N–H and O–H groups in total. The summed E-state index contributed by atoms with van der Waals surface area (Å²) in [6.45, 7) is 0. The molecular weight excluding hydrogens is 292 g/mol. The third-order valence-electron chi connectivity index (χ3n) is 3.05. The van der Waals surface area contributed by atoms with Crippen molar-refractivity contribution in [1.29, 1.82) is 0 Å². The van der Waals surface area contributed by atoms with E-state index in [1.54, 1.807) is 12.3 Å². The van der Waals surface area contributed by atoms with E-state index in [0.717, 1.165) is 11.3 Å². The fourth-order valence-corrected chi connectivity index (χ4v) is 1.77. The average molecular weight is 310 g/mol. The first-order valence-electron chi connectivity index (χ1n) is 6.99. The van der Waals surface area contributed by atoms with E-state index in [0.29, 0.717) is 5.82 Å². The smallest absolute Gasteiger partial charge is 0.337 e. The highest BCUT2D eigenvalue weighted by Crippen LogP contribution is 2.12. The number of pyridine rings is 1. The number of allylic oxidation sites excluding steroid dienone is 1. The summed E-state index contributed by atoms with van der Waals surface area (Å²) in [5.74, 6) is -0.522. The molecule has 1 aromatic heterocycles. The molecule has 0 unspecified atom stereocenters. The van der Waals surface area contributed by atoms with Gasteiger partial charge < -0.3 is 10.0 Å². The maximum atomic E-state index is 10.7. The topological polar surface area (TPSA) is 77.8 Å². The third-order valence-corrected chi connectivity index (χ3v) is 3.05. The largest absolute Gasteiger partial charge is 0.478 e. The van der Waals surface area contributed by atoms with Crippen LogP contribution < -0.4 is 10.3 Å². The van der Waals surface area contributed by atoms with Crippen molar-refractivity contribution in [3.63, 3.8) is 0 Å². The van der Waals surface area contributed by atoms with E-state index >= 15 is 0 Å². The minimum atomic E-state index is -1.00. The van der Waals surface area contributed by atoms with Crippen LogP contribution in [0.5, 0.6) is 0 Å². The molecule has 0 radical (unpaired) electrons. The first-order chi connectivity index (χ1) is 11.1. The van der Waals surface area contributed by atoms with E-state index in [1.807, 2.05) is 55.4 Å². The molecule has 6 heteroatoms. The lowest BCUT2D eigenvalue weighted by atomic mass is 10.2. The average Bonchev–Trinajstić information content (AvgIpc) is 2.55. The number of hydrazone groups is 1. The van der Waals surface area contributed by atoms with Crippen molar-refractivity contribution >= 4 is 29.8 Å². The van der Waals surface area contributed by atoms with E-state index in [1.165, 1.54) is 12.3 Å². The Morgan fingerprint density at radius 2 is 1.96 bits per heavy atom. The Morgan fingerprint density at radius 3 is 2.52 bits per heavy atom. The monoisotopic (exact) mass is 310 g/mol. The molecule has 118 valence electrons. The minimum absolute atomic E-state index is 0.139. The minimum Gasteiger partial charge on any atom is -0.478 e. The third kappa shape index (κ3) is 4.96. The van der Waals surface area contributed by atoms with Gasteiger partial charge in [-0.3, -0.25) is 5.43 Å². The number of nitrogens with zero attached hydrogens (tertiary/aromatic N) is 3. The fourth-order valence-electron chi connectivity index (χ4n) is 1.77. The van der Waals surface area contributed by atoms with Crippen LogP contribution in [0.2, 0.25) is 0 Å². The van der Waals surface area contributed by atoms with Crippen LogP contribution in [-0.2, 0) is 0 Å². The van der Waals surface area contributed by atoms with E-state index in [9.17, 15) is 4.79 Å². The molecule has 0 saturated heterocycles. The van der Waals surface area contributed by atoms with E-state index in [2.05, 4.69) is 15.5 Å². The Balaban J connectivity index is 1.87. The van der Waals surface area contributed by atoms with Gasteiger partial charge in [0.05, 0.1) is 5.56 Å². The molecule has 0 atom stereocenters. The molecule has 0 aliphatic carbocycles. The fraction of sp³-hybridized carbons (Fsp3) is 0.118. The van der Waals surface area contributed by atoms with Crippen LogP contribution in [0.15, 0.2) is 53.8 Å². The molecular formula is C17H18N4O2. The Kier molecular flexibility index (Phi) is 5.46. The first-order valence-corrected chi connectivity index (χ1v) is 6.99. The van der Waals surface area contributed by atoms with Gasteiger partial charge in [-0.05, 0) is 35.9 Å². The van der Waals surface area contributed by atoms with Crippen LogP contribution in [0.3, 0.4) is 0 Å². The summed E-state index contributed by atoms with van der Waals surface area (Å²) in [5.41, 5.74) is 5.09. The van der Waals surface area contributed by atoms with Gasteiger partial charge in [0.2, 0.25) is 0 Å². The highest BCUT2D eigenvalue weighted by atomic mass is 16.4. The summed E-state index contributed by atoms with van der Waals surface area (Å²) in [6, 6.07) is 11.2. The van der Waals surface area contributed by atoms with Crippen molar-refractivity contribution in [1.82, 2.24) is 4.98 Å². The maximum absolute atomic E-state index is 10.7. The van der Waals surface area contributed by atoms with Crippen LogP contribution in [0, 0.1) is 0 Å². The zero-order valence-electron chi connectivity index (χ0n) is 13.0. The lowest BCUT2D eigenvalue weighted by molar-refractivity contribution is 0.0696. The van der Waals surface area contributed by atoms with Crippen molar-refractivity contribution in [2.45, 2.75) is 0 Å². The number of aromatic nitrogens is 1. The summed E-state index contributed by atoms with van der Waals surface area (Å²) < 4.78 is 0. The molecule has 1 heterocycles. The summed E-state index contributed by atoms with van der Waals surface area (Å²) in [6.07, 6.45) is 6.63. The van der Waals surface area contributed by atoms with Crippen LogP contribution in [0.1, 0.15) is 15.9 Å². The van der Waals surface area contributed by atoms with Crippen LogP contribution in [0.4, 0.5) is 11.5 Å². The van der Waals surface area contributed by atoms with Gasteiger partial charge in [-0.1, -0.05) is 18.2 Å². The van der Waals surface area contributed by atoms with Crippen molar-refractivity contribution < 1.29 is 9.90 Å². The first kappa shape index (κ1) is 16.2. The van der Waals surface area contributed by atoms with Crippen molar-refractivity contribution in [2.75, 3.05) is 24.4 Å². The predicted octanol–water partition coefficient (Wildman–Crippen LogP) is 2.96. The zero-order valence-corrected chi connectivity index (χ0v) is 13.0. The van der Waals surface area contributed by atoms with E-state index in [4.69, 9.17) is 5.11 Å². The summed E-state index contributed by atoms with van der Waals surface area (Å²) in [4.78, 5) is 16.7. The number of hydrogen-bond acceptors (Lipinski definition) is 5. The van der Waals surface area contributed by atoms with Crippen molar-refractivity contribution in [3.8, 4) is 0 Å². The number of carboxylic acid groups (broad SMARTS) is 1. The van der Waals surface area contributed by atoms with Gasteiger partial charge in [0.1, 0.15) is 5.82 Å². The molecule has 0 aliphatic rings. The van der Waals surface area contributed by atoms with Gasteiger partial charge in [-0.15, -0.1) is 0 Å². The highest BCUT2D eigenvalue weighted by molar-refractivity contribution is 5.87. The molecule has 0 spiro atoms. The highest BCUT2D eigenvalue weighted by Gasteiger charge is 2.01. The van der Waals surface area contributed by atoms with Gasteiger partial charge in [0.25, 0.3) is 0 Å². The zero-order chi connectivity index (χ0) is 16.7. The van der Waals surface area contributed by atoms with E-state index < -0.39 is 5.97 Å². The number of aromatic carboxylic acids is 1. The lowest BCUT2D eigenvalue weighted by Crippen LogP contribution is -2.07. The second kappa shape index (κ2) is 7.74. The molecule has 0 amide bonds. The number of nitrogens with one attached hydrogen (secondary N) is 1. The molecule has 2 rings (SSSR count). The molecule has 0 saturated carbocycles. The Bertz CT molecular complexity index is 704. The molecule has 2 aromatic rings. The molecule has 0 bridgehead atoms. The number of anilines is 2. The molecule has 6 nitrogen and oxygen atoms in total. The van der Waals surface area contributed by atoms with Gasteiger partial charge in [0, 0.05) is 32.2 Å². The lowest BCUT2D eigenvalue weighted by Gasteiger charge is -2.11. The van der Waals surface area contributed by atoms with Gasteiger partial charge >= 0.3 is 5.97 Å². The second-order valence-corrected chi connectivity index (χ2v) is 4.97. The summed E-state index contributed by atoms with van der Waals surface area (Å²) in [5, 5.41) is 12.8. The molecule has 0 aliphatic heterocycles. The Hall–Kier alpha value is -3.15. The molecule has 0 fully saturated rings. The van der Waals surface area contributed by atoms with E-state index in [-0.39, 0.29) is 5.56 Å². The van der Waals surface area contributed by atoms with Crippen LogP contribution >= 0.6 is 0 Å². The number of benzene rings is 1. The van der Waals surface area contributed by atoms with Crippen molar-refractivity contribution in [3.05, 3.63) is 59.8 Å². The SMILES string of the molecule is CN(C)c1ccc(/C=C/C=N/Nc2ccc(C(=O)O)cn2)cc1.